The molecule has 1 rings (SSSR count). The van der Waals surface area contributed by atoms with Crippen molar-refractivity contribution in [3.8, 4) is 0 Å². The molecular weight excluding hydrogens is 204 g/mol. The summed E-state index contributed by atoms with van der Waals surface area (Å²) in [6, 6.07) is -0.947. The number of alkyl halides is 2. The first kappa shape index (κ1) is 12.1. The Hall–Kier alpha value is -1.00. The molecule has 1 aliphatic heterocycles. The summed E-state index contributed by atoms with van der Waals surface area (Å²) in [6.45, 7) is 4.45. The van der Waals surface area contributed by atoms with Crippen LogP contribution in [0.3, 0.4) is 0 Å². The number of rotatable bonds is 2. The Labute approximate surface area is 87.4 Å². The van der Waals surface area contributed by atoms with E-state index < -0.39 is 18.4 Å². The minimum atomic E-state index is -2.56. The molecule has 0 bridgehead atoms. The fraction of sp³-hybridized carbons (Fsp3) is 0.800. The summed E-state index contributed by atoms with van der Waals surface area (Å²) in [7, 11) is 0. The van der Waals surface area contributed by atoms with Crippen LogP contribution in [0.1, 0.15) is 20.8 Å². The van der Waals surface area contributed by atoms with Gasteiger partial charge in [-0.15, -0.1) is 0 Å². The highest BCUT2D eigenvalue weighted by Crippen LogP contribution is 2.34. The zero-order chi connectivity index (χ0) is 11.7. The summed E-state index contributed by atoms with van der Waals surface area (Å²) in [5.41, 5.74) is 0. The molecule has 0 aromatic heterocycles. The van der Waals surface area contributed by atoms with E-state index >= 15 is 0 Å². The number of halogens is 2. The van der Waals surface area contributed by atoms with Gasteiger partial charge < -0.3 is 4.90 Å². The van der Waals surface area contributed by atoms with Crippen LogP contribution < -0.4 is 0 Å². The zero-order valence-electron chi connectivity index (χ0n) is 9.04. The molecule has 1 amide bonds. The van der Waals surface area contributed by atoms with E-state index in [1.54, 1.807) is 6.92 Å². The molecule has 1 aliphatic rings. The van der Waals surface area contributed by atoms with Gasteiger partial charge in [0.25, 0.3) is 0 Å². The minimum Gasteiger partial charge on any atom is -0.332 e. The normalized spacial score (nSPS) is 31.1. The van der Waals surface area contributed by atoms with Gasteiger partial charge in [-0.1, -0.05) is 6.92 Å². The summed E-state index contributed by atoms with van der Waals surface area (Å²) >= 11 is 0. The molecule has 1 fully saturated rings. The number of carbonyl (C=O) groups excluding carboxylic acids is 2. The maximum absolute atomic E-state index is 12.7. The average molecular weight is 219 g/mol. The molecule has 1 saturated heterocycles. The van der Waals surface area contributed by atoms with Gasteiger partial charge in [-0.3, -0.25) is 9.59 Å². The number of hydrogen-bond acceptors (Lipinski definition) is 2. The van der Waals surface area contributed by atoms with Crippen LogP contribution in [0.4, 0.5) is 8.78 Å². The van der Waals surface area contributed by atoms with E-state index in [0.29, 0.717) is 0 Å². The predicted octanol–water partition coefficient (Wildman–Crippen LogP) is 1.32. The third-order valence-corrected chi connectivity index (χ3v) is 2.95. The summed E-state index contributed by atoms with van der Waals surface area (Å²) in [5, 5.41) is 0. The lowest BCUT2D eigenvalue weighted by Gasteiger charge is -2.24. The third-order valence-electron chi connectivity index (χ3n) is 2.95. The lowest BCUT2D eigenvalue weighted by molar-refractivity contribution is -0.137. The Morgan fingerprint density at radius 2 is 1.87 bits per heavy atom. The second-order valence-electron chi connectivity index (χ2n) is 4.12. The van der Waals surface area contributed by atoms with Gasteiger partial charge in [0.05, 0.1) is 12.0 Å². The quantitative estimate of drug-likeness (QED) is 0.702. The molecule has 0 spiro atoms. The number of ketones is 1. The molecular formula is C10H15F2NO2. The van der Waals surface area contributed by atoms with Crippen LogP contribution in [-0.2, 0) is 9.59 Å². The molecule has 1 heterocycles. The Bertz CT molecular complexity index is 281. The van der Waals surface area contributed by atoms with Crippen LogP contribution in [0.15, 0.2) is 0 Å². The van der Waals surface area contributed by atoms with Crippen molar-refractivity contribution < 1.29 is 18.4 Å². The largest absolute Gasteiger partial charge is 0.332 e. The van der Waals surface area contributed by atoms with Crippen LogP contribution in [0, 0.1) is 11.8 Å². The number of amides is 1. The highest BCUT2D eigenvalue weighted by atomic mass is 19.3. The minimum absolute atomic E-state index is 0.245. The summed E-state index contributed by atoms with van der Waals surface area (Å²) in [5.74, 6) is -2.03. The van der Waals surface area contributed by atoms with Crippen molar-refractivity contribution in [1.29, 1.82) is 0 Å². The van der Waals surface area contributed by atoms with E-state index in [1.165, 1.54) is 18.7 Å². The summed E-state index contributed by atoms with van der Waals surface area (Å²) in [6.07, 6.45) is -2.56. The van der Waals surface area contributed by atoms with Gasteiger partial charge >= 0.3 is 0 Å². The van der Waals surface area contributed by atoms with Crippen molar-refractivity contribution >= 4 is 11.7 Å². The van der Waals surface area contributed by atoms with Gasteiger partial charge in [-0.2, -0.15) is 0 Å². The molecule has 0 aliphatic carbocycles. The smallest absolute Gasteiger partial charge is 0.244 e. The third kappa shape index (κ3) is 2.16. The molecule has 5 heteroatoms. The van der Waals surface area contributed by atoms with Crippen molar-refractivity contribution in [3.63, 3.8) is 0 Å². The van der Waals surface area contributed by atoms with Crippen LogP contribution in [0.2, 0.25) is 0 Å². The van der Waals surface area contributed by atoms with E-state index in [0.717, 1.165) is 0 Å². The molecule has 0 saturated carbocycles. The monoisotopic (exact) mass is 219 g/mol. The first-order valence-electron chi connectivity index (χ1n) is 4.92. The number of likely N-dealkylation sites (tertiary alicyclic amines) is 1. The van der Waals surface area contributed by atoms with E-state index in [-0.39, 0.29) is 24.2 Å². The van der Waals surface area contributed by atoms with Crippen molar-refractivity contribution in [2.24, 2.45) is 11.8 Å². The van der Waals surface area contributed by atoms with Gasteiger partial charge in [0.2, 0.25) is 12.3 Å². The molecule has 0 aromatic rings. The van der Waals surface area contributed by atoms with Crippen molar-refractivity contribution in [2.45, 2.75) is 33.2 Å². The molecule has 0 unspecified atom stereocenters. The predicted molar refractivity (Wildman–Crippen MR) is 50.5 cm³/mol. The molecule has 15 heavy (non-hydrogen) atoms. The van der Waals surface area contributed by atoms with Crippen molar-refractivity contribution in [2.75, 3.05) is 6.54 Å². The van der Waals surface area contributed by atoms with Crippen molar-refractivity contribution in [1.82, 2.24) is 4.90 Å². The first-order valence-corrected chi connectivity index (χ1v) is 4.92. The number of hydrogen-bond donors (Lipinski definition) is 0. The molecule has 0 radical (unpaired) electrons. The standard InChI is InChI=1S/C10H15F2NO2/c1-5-4-13(7(3)15)9(6(2)14)8(5)10(11)12/h5,8-10H,4H2,1-3H3/t5-,8-,9+/m0/s1. The number of Topliss-reactive ketones (excluding diaryl/α,β-unsaturated/α-hetero) is 1. The maximum atomic E-state index is 12.7. The SMILES string of the molecule is CC(=O)[C@@H]1[C@@H](C(F)F)[C@@H](C)CN1C(C)=O. The maximum Gasteiger partial charge on any atom is 0.244 e. The van der Waals surface area contributed by atoms with Crippen LogP contribution >= 0.6 is 0 Å². The highest BCUT2D eigenvalue weighted by molar-refractivity contribution is 5.87. The Morgan fingerprint density at radius 1 is 1.33 bits per heavy atom. The highest BCUT2D eigenvalue weighted by Gasteiger charge is 2.47. The average Bonchev–Trinajstić information content (AvgIpc) is 2.42. The fourth-order valence-corrected chi connectivity index (χ4v) is 2.27. The van der Waals surface area contributed by atoms with Gasteiger partial charge in [0.1, 0.15) is 0 Å². The Kier molecular flexibility index (Phi) is 3.42. The lowest BCUT2D eigenvalue weighted by atomic mass is 9.90. The van der Waals surface area contributed by atoms with Crippen molar-refractivity contribution in [3.05, 3.63) is 0 Å². The van der Waals surface area contributed by atoms with Gasteiger partial charge in [0, 0.05) is 13.5 Å². The molecule has 3 atom stereocenters. The second kappa shape index (κ2) is 4.24. The Balaban J connectivity index is 2.98. The van der Waals surface area contributed by atoms with Crippen LogP contribution in [-0.4, -0.2) is 35.6 Å². The van der Waals surface area contributed by atoms with Gasteiger partial charge in [-0.25, -0.2) is 8.78 Å². The molecule has 0 N–H and O–H groups in total. The lowest BCUT2D eigenvalue weighted by Crippen LogP contribution is -2.43. The van der Waals surface area contributed by atoms with E-state index in [9.17, 15) is 18.4 Å². The molecule has 3 nitrogen and oxygen atoms in total. The second-order valence-corrected chi connectivity index (χ2v) is 4.12. The van der Waals surface area contributed by atoms with Crippen LogP contribution in [0.25, 0.3) is 0 Å². The number of carbonyl (C=O) groups is 2. The topological polar surface area (TPSA) is 37.4 Å². The fourth-order valence-electron chi connectivity index (χ4n) is 2.27. The van der Waals surface area contributed by atoms with E-state index in [1.807, 2.05) is 0 Å². The van der Waals surface area contributed by atoms with Gasteiger partial charge in [-0.05, 0) is 12.8 Å². The van der Waals surface area contributed by atoms with Gasteiger partial charge in [0.15, 0.2) is 5.78 Å². The van der Waals surface area contributed by atoms with E-state index in [2.05, 4.69) is 0 Å². The Morgan fingerprint density at radius 3 is 2.20 bits per heavy atom. The number of nitrogens with zero attached hydrogens (tertiary/aromatic N) is 1. The molecule has 86 valence electrons. The summed E-state index contributed by atoms with van der Waals surface area (Å²) < 4.78 is 25.5. The van der Waals surface area contributed by atoms with Crippen LogP contribution in [0.5, 0.6) is 0 Å². The first-order chi connectivity index (χ1) is 6.86. The zero-order valence-corrected chi connectivity index (χ0v) is 9.04. The van der Waals surface area contributed by atoms with E-state index in [4.69, 9.17) is 0 Å². The summed E-state index contributed by atoms with van der Waals surface area (Å²) in [4.78, 5) is 23.8. The molecule has 0 aromatic carbocycles.